The maximum Gasteiger partial charge on any atom is 0.188 e. The molecule has 0 unspecified atom stereocenters. The van der Waals surface area contributed by atoms with Gasteiger partial charge < -0.3 is 25.0 Å². The van der Waals surface area contributed by atoms with E-state index < -0.39 is 0 Å². The van der Waals surface area contributed by atoms with E-state index in [0.717, 1.165) is 37.6 Å². The van der Waals surface area contributed by atoms with Crippen molar-refractivity contribution in [3.63, 3.8) is 0 Å². The van der Waals surface area contributed by atoms with E-state index in [-0.39, 0.29) is 6.79 Å². The van der Waals surface area contributed by atoms with Gasteiger partial charge in [0, 0.05) is 45.0 Å². The first-order valence-corrected chi connectivity index (χ1v) is 6.15. The molecule has 2 rings (SSSR count). The van der Waals surface area contributed by atoms with Gasteiger partial charge in [0.25, 0.3) is 0 Å². The fourth-order valence-corrected chi connectivity index (χ4v) is 2.08. The number of hydrogen-bond acceptors (Lipinski definition) is 5. The highest BCUT2D eigenvalue weighted by Gasteiger charge is 2.17. The highest BCUT2D eigenvalue weighted by Crippen LogP contribution is 2.31. The second-order valence-corrected chi connectivity index (χ2v) is 4.57. The van der Waals surface area contributed by atoms with Crippen molar-refractivity contribution in [1.82, 2.24) is 4.90 Å². The molecule has 1 aromatic rings. The van der Waals surface area contributed by atoms with Gasteiger partial charge in [0.05, 0.1) is 5.69 Å². The van der Waals surface area contributed by atoms with Crippen LogP contribution in [-0.4, -0.2) is 52.0 Å². The Kier molecular flexibility index (Phi) is 4.28. The van der Waals surface area contributed by atoms with Gasteiger partial charge in [0.2, 0.25) is 0 Å². The molecule has 1 aromatic carbocycles. The standard InChI is InChI=1S/C13H21N3O2/c1-15-5-7-16(8-6-15)12-4-3-11(14)9-13(12)18-10-17-2/h3-4,9H,5-8,10,14H2,1-2H3. The van der Waals surface area contributed by atoms with E-state index in [1.165, 1.54) is 0 Å². The molecular formula is C13H21N3O2. The second kappa shape index (κ2) is 5.93. The molecule has 0 radical (unpaired) electrons. The summed E-state index contributed by atoms with van der Waals surface area (Å²) in [5, 5.41) is 0. The number of likely N-dealkylation sites (N-methyl/N-ethyl adjacent to an activating group) is 1. The monoisotopic (exact) mass is 251 g/mol. The summed E-state index contributed by atoms with van der Waals surface area (Å²) in [6.45, 7) is 4.37. The Labute approximate surface area is 108 Å². The van der Waals surface area contributed by atoms with Crippen LogP contribution in [0.2, 0.25) is 0 Å². The van der Waals surface area contributed by atoms with Crippen LogP contribution in [-0.2, 0) is 4.74 Å². The summed E-state index contributed by atoms with van der Waals surface area (Å²) < 4.78 is 10.5. The number of ether oxygens (including phenoxy) is 2. The van der Waals surface area contributed by atoms with E-state index in [2.05, 4.69) is 16.8 Å². The zero-order valence-corrected chi connectivity index (χ0v) is 11.1. The molecule has 0 aliphatic carbocycles. The first kappa shape index (κ1) is 13.0. The van der Waals surface area contributed by atoms with Gasteiger partial charge >= 0.3 is 0 Å². The first-order valence-electron chi connectivity index (χ1n) is 6.15. The van der Waals surface area contributed by atoms with Crippen LogP contribution in [0.3, 0.4) is 0 Å². The number of hydrogen-bond donors (Lipinski definition) is 1. The largest absolute Gasteiger partial charge is 0.465 e. The van der Waals surface area contributed by atoms with E-state index in [4.69, 9.17) is 15.2 Å². The van der Waals surface area contributed by atoms with Gasteiger partial charge in [0.1, 0.15) is 5.75 Å². The van der Waals surface area contributed by atoms with E-state index in [1.54, 1.807) is 7.11 Å². The van der Waals surface area contributed by atoms with Gasteiger partial charge in [-0.3, -0.25) is 0 Å². The average Bonchev–Trinajstić information content (AvgIpc) is 2.38. The van der Waals surface area contributed by atoms with Crippen LogP contribution in [0.15, 0.2) is 18.2 Å². The molecule has 0 saturated carbocycles. The topological polar surface area (TPSA) is 51.0 Å². The number of methoxy groups -OCH3 is 1. The Morgan fingerprint density at radius 3 is 2.61 bits per heavy atom. The number of nitrogens with two attached hydrogens (primary N) is 1. The van der Waals surface area contributed by atoms with Crippen LogP contribution in [0, 0.1) is 0 Å². The van der Waals surface area contributed by atoms with Crippen molar-refractivity contribution in [3.8, 4) is 5.75 Å². The normalized spacial score (nSPS) is 16.9. The minimum Gasteiger partial charge on any atom is -0.465 e. The lowest BCUT2D eigenvalue weighted by Crippen LogP contribution is -2.44. The van der Waals surface area contributed by atoms with Gasteiger partial charge in [-0.15, -0.1) is 0 Å². The van der Waals surface area contributed by atoms with Gasteiger partial charge in [-0.05, 0) is 19.2 Å². The highest BCUT2D eigenvalue weighted by atomic mass is 16.7. The van der Waals surface area contributed by atoms with Gasteiger partial charge in [-0.1, -0.05) is 0 Å². The Morgan fingerprint density at radius 1 is 1.22 bits per heavy atom. The molecule has 0 atom stereocenters. The molecule has 0 aromatic heterocycles. The highest BCUT2D eigenvalue weighted by molar-refractivity contribution is 5.64. The summed E-state index contributed by atoms with van der Waals surface area (Å²) in [7, 11) is 3.75. The summed E-state index contributed by atoms with van der Waals surface area (Å²) in [6, 6.07) is 5.78. The SMILES string of the molecule is COCOc1cc(N)ccc1N1CCN(C)CC1. The Hall–Kier alpha value is -1.46. The van der Waals surface area contributed by atoms with Crippen LogP contribution in [0.5, 0.6) is 5.75 Å². The molecule has 0 bridgehead atoms. The smallest absolute Gasteiger partial charge is 0.188 e. The fraction of sp³-hybridized carbons (Fsp3) is 0.538. The van der Waals surface area contributed by atoms with Crippen LogP contribution in [0.25, 0.3) is 0 Å². The average molecular weight is 251 g/mol. The molecule has 5 nitrogen and oxygen atoms in total. The number of nitrogen functional groups attached to an aromatic ring is 1. The molecule has 1 fully saturated rings. The third kappa shape index (κ3) is 3.05. The first-order chi connectivity index (χ1) is 8.70. The summed E-state index contributed by atoms with van der Waals surface area (Å²) in [5.74, 6) is 0.793. The Balaban J connectivity index is 2.15. The molecule has 0 spiro atoms. The Bertz CT molecular complexity index is 390. The molecule has 5 heteroatoms. The van der Waals surface area contributed by atoms with Crippen molar-refractivity contribution in [1.29, 1.82) is 0 Å². The predicted molar refractivity (Wildman–Crippen MR) is 73.1 cm³/mol. The van der Waals surface area contributed by atoms with Crippen LogP contribution < -0.4 is 15.4 Å². The predicted octanol–water partition coefficient (Wildman–Crippen LogP) is 1.00. The summed E-state index contributed by atoms with van der Waals surface area (Å²) in [5.41, 5.74) is 7.60. The molecule has 1 aliphatic heterocycles. The maximum absolute atomic E-state index is 5.80. The third-order valence-corrected chi connectivity index (χ3v) is 3.16. The van der Waals surface area contributed by atoms with Crippen LogP contribution >= 0.6 is 0 Å². The van der Waals surface area contributed by atoms with Crippen molar-refractivity contribution in [3.05, 3.63) is 18.2 Å². The van der Waals surface area contributed by atoms with E-state index >= 15 is 0 Å². The maximum atomic E-state index is 5.80. The summed E-state index contributed by atoms with van der Waals surface area (Å²) in [4.78, 5) is 4.65. The van der Waals surface area contributed by atoms with E-state index in [1.807, 2.05) is 18.2 Å². The zero-order chi connectivity index (χ0) is 13.0. The molecule has 18 heavy (non-hydrogen) atoms. The van der Waals surface area contributed by atoms with Gasteiger partial charge in [0.15, 0.2) is 6.79 Å². The van der Waals surface area contributed by atoms with Crippen molar-refractivity contribution in [2.45, 2.75) is 0 Å². The number of piperazine rings is 1. The summed E-state index contributed by atoms with van der Waals surface area (Å²) >= 11 is 0. The molecule has 2 N–H and O–H groups in total. The van der Waals surface area contributed by atoms with Gasteiger partial charge in [-0.2, -0.15) is 0 Å². The molecule has 0 amide bonds. The molecule has 1 aliphatic rings. The third-order valence-electron chi connectivity index (χ3n) is 3.16. The van der Waals surface area contributed by atoms with Crippen molar-refractivity contribution in [2.24, 2.45) is 0 Å². The van der Waals surface area contributed by atoms with E-state index in [0.29, 0.717) is 5.69 Å². The molecule has 1 heterocycles. The number of benzene rings is 1. The van der Waals surface area contributed by atoms with Crippen molar-refractivity contribution < 1.29 is 9.47 Å². The Morgan fingerprint density at radius 2 is 1.94 bits per heavy atom. The van der Waals surface area contributed by atoms with Crippen LogP contribution in [0.1, 0.15) is 0 Å². The molecule has 1 saturated heterocycles. The number of nitrogens with zero attached hydrogens (tertiary/aromatic N) is 2. The molecular weight excluding hydrogens is 230 g/mol. The quantitative estimate of drug-likeness (QED) is 0.639. The van der Waals surface area contributed by atoms with Crippen molar-refractivity contribution in [2.75, 3.05) is 57.8 Å². The molecule has 100 valence electrons. The fourth-order valence-electron chi connectivity index (χ4n) is 2.08. The lowest BCUT2D eigenvalue weighted by Gasteiger charge is -2.34. The van der Waals surface area contributed by atoms with E-state index in [9.17, 15) is 0 Å². The summed E-state index contributed by atoms with van der Waals surface area (Å²) in [6.07, 6.45) is 0. The minimum atomic E-state index is 0.240. The van der Waals surface area contributed by atoms with Crippen molar-refractivity contribution >= 4 is 11.4 Å². The lowest BCUT2D eigenvalue weighted by atomic mass is 10.2. The zero-order valence-electron chi connectivity index (χ0n) is 11.1. The minimum absolute atomic E-state index is 0.240. The van der Waals surface area contributed by atoms with Gasteiger partial charge in [-0.25, -0.2) is 0 Å². The lowest BCUT2D eigenvalue weighted by molar-refractivity contribution is 0.0514. The number of anilines is 2. The second-order valence-electron chi connectivity index (χ2n) is 4.57. The number of rotatable bonds is 4. The van der Waals surface area contributed by atoms with Crippen LogP contribution in [0.4, 0.5) is 11.4 Å².